The van der Waals surface area contributed by atoms with Gasteiger partial charge >= 0.3 is 0 Å². The van der Waals surface area contributed by atoms with E-state index >= 15 is 0 Å². The summed E-state index contributed by atoms with van der Waals surface area (Å²) in [4.78, 5) is 9.79. The molecule has 0 saturated heterocycles. The topological polar surface area (TPSA) is 31.9 Å². The molecule has 104 valence electrons. The van der Waals surface area contributed by atoms with Gasteiger partial charge in [0.05, 0.1) is 27.1 Å². The van der Waals surface area contributed by atoms with E-state index in [2.05, 4.69) is 16.9 Å². The molecule has 0 bridgehead atoms. The van der Waals surface area contributed by atoms with Gasteiger partial charge in [0, 0.05) is 7.05 Å². The van der Waals surface area contributed by atoms with Gasteiger partial charge in [0.15, 0.2) is 0 Å². The van der Waals surface area contributed by atoms with E-state index in [4.69, 9.17) is 23.2 Å². The van der Waals surface area contributed by atoms with E-state index in [1.165, 1.54) is 0 Å². The lowest BCUT2D eigenvalue weighted by Crippen LogP contribution is -2.30. The molecular formula is C15H15Cl2N3. The molecule has 5 heteroatoms. The van der Waals surface area contributed by atoms with Crippen LogP contribution in [0.3, 0.4) is 0 Å². The Morgan fingerprint density at radius 2 is 2.05 bits per heavy atom. The normalized spacial score (nSPS) is 22.6. The van der Waals surface area contributed by atoms with Crippen molar-refractivity contribution >= 4 is 40.2 Å². The number of fused-ring (bicyclic) bond motifs is 1. The Balaban J connectivity index is 2.03. The van der Waals surface area contributed by atoms with Crippen LogP contribution in [0.5, 0.6) is 0 Å². The predicted molar refractivity (Wildman–Crippen MR) is 85.3 cm³/mol. The molecule has 2 aromatic rings. The largest absolute Gasteiger partial charge is 0.324 e. The van der Waals surface area contributed by atoms with Crippen molar-refractivity contribution in [2.75, 3.05) is 11.9 Å². The van der Waals surface area contributed by atoms with Gasteiger partial charge in [-0.25, -0.2) is 4.98 Å². The number of nitrogens with one attached hydrogen (secondary N) is 1. The maximum atomic E-state index is 6.49. The lowest BCUT2D eigenvalue weighted by Gasteiger charge is -2.29. The van der Waals surface area contributed by atoms with Crippen LogP contribution < -0.4 is 4.90 Å². The molecule has 0 radical (unpaired) electrons. The van der Waals surface area contributed by atoms with E-state index in [0.717, 1.165) is 22.7 Å². The van der Waals surface area contributed by atoms with Gasteiger partial charge < -0.3 is 9.88 Å². The minimum Gasteiger partial charge on any atom is -0.324 e. The van der Waals surface area contributed by atoms with Crippen molar-refractivity contribution in [3.8, 4) is 0 Å². The van der Waals surface area contributed by atoms with Crippen LogP contribution in [0.4, 0.5) is 5.95 Å². The quantitative estimate of drug-likeness (QED) is 0.841. The molecule has 1 aromatic heterocycles. The standard InChI is InChI=1S/C15H15Cl2N3/c1-9-7-8-10(16)14(13(9)17)20(2)15-18-11-5-3-4-6-12(11)19-15/h3-9,13H,1-2H3,(H,18,19). The number of rotatable bonds is 2. The van der Waals surface area contributed by atoms with Crippen LogP contribution in [0.1, 0.15) is 6.92 Å². The van der Waals surface area contributed by atoms with Gasteiger partial charge in [-0.1, -0.05) is 36.7 Å². The number of aromatic amines is 1. The molecule has 1 aromatic carbocycles. The Hall–Kier alpha value is -1.45. The Labute approximate surface area is 127 Å². The Morgan fingerprint density at radius 1 is 1.30 bits per heavy atom. The number of alkyl halides is 1. The zero-order chi connectivity index (χ0) is 14.3. The summed E-state index contributed by atoms with van der Waals surface area (Å²) in [6, 6.07) is 7.92. The number of H-pyrrole nitrogens is 1. The number of allylic oxidation sites excluding steroid dienone is 4. The van der Waals surface area contributed by atoms with E-state index in [1.807, 2.05) is 48.4 Å². The van der Waals surface area contributed by atoms with E-state index in [0.29, 0.717) is 5.03 Å². The molecule has 1 N–H and O–H groups in total. The number of imidazole rings is 1. The van der Waals surface area contributed by atoms with Crippen molar-refractivity contribution in [2.24, 2.45) is 5.92 Å². The number of hydrogen-bond acceptors (Lipinski definition) is 2. The molecule has 0 saturated carbocycles. The highest BCUT2D eigenvalue weighted by atomic mass is 35.5. The Bertz CT molecular complexity index is 669. The summed E-state index contributed by atoms with van der Waals surface area (Å²) in [5.41, 5.74) is 2.80. The third-order valence-corrected chi connectivity index (χ3v) is 4.49. The highest BCUT2D eigenvalue weighted by molar-refractivity contribution is 6.33. The maximum absolute atomic E-state index is 6.49. The van der Waals surface area contributed by atoms with Gasteiger partial charge in [-0.05, 0) is 24.1 Å². The van der Waals surface area contributed by atoms with Gasteiger partial charge in [0.2, 0.25) is 5.95 Å². The number of para-hydroxylation sites is 2. The fourth-order valence-electron chi connectivity index (χ4n) is 2.36. The lowest BCUT2D eigenvalue weighted by molar-refractivity contribution is 0.693. The second kappa shape index (κ2) is 5.15. The molecule has 0 fully saturated rings. The average molecular weight is 308 g/mol. The summed E-state index contributed by atoms with van der Waals surface area (Å²) >= 11 is 12.8. The molecule has 3 rings (SSSR count). The molecular weight excluding hydrogens is 293 g/mol. The number of anilines is 1. The maximum Gasteiger partial charge on any atom is 0.207 e. The average Bonchev–Trinajstić information content (AvgIpc) is 2.87. The van der Waals surface area contributed by atoms with E-state index in [1.54, 1.807) is 0 Å². The first kappa shape index (κ1) is 13.5. The molecule has 2 atom stereocenters. The Morgan fingerprint density at radius 3 is 2.80 bits per heavy atom. The molecule has 1 aliphatic carbocycles. The van der Waals surface area contributed by atoms with Crippen LogP contribution in [0, 0.1) is 5.92 Å². The Kier molecular flexibility index (Phi) is 3.48. The first-order valence-corrected chi connectivity index (χ1v) is 7.30. The van der Waals surface area contributed by atoms with Gasteiger partial charge in [-0.2, -0.15) is 0 Å². The van der Waals surface area contributed by atoms with Crippen molar-refractivity contribution in [2.45, 2.75) is 12.3 Å². The molecule has 3 nitrogen and oxygen atoms in total. The summed E-state index contributed by atoms with van der Waals surface area (Å²) < 4.78 is 0. The van der Waals surface area contributed by atoms with Crippen LogP contribution in [-0.2, 0) is 0 Å². The second-order valence-corrected chi connectivity index (χ2v) is 5.87. The van der Waals surface area contributed by atoms with Crippen molar-refractivity contribution in [1.29, 1.82) is 0 Å². The number of aromatic nitrogens is 2. The highest BCUT2D eigenvalue weighted by Gasteiger charge is 2.27. The van der Waals surface area contributed by atoms with Gasteiger partial charge in [-0.15, -0.1) is 11.6 Å². The lowest BCUT2D eigenvalue weighted by atomic mass is 9.99. The van der Waals surface area contributed by atoms with Crippen molar-refractivity contribution < 1.29 is 0 Å². The van der Waals surface area contributed by atoms with Crippen LogP contribution in [0.15, 0.2) is 47.1 Å². The number of halogens is 2. The number of hydrogen-bond donors (Lipinski definition) is 1. The zero-order valence-electron chi connectivity index (χ0n) is 11.3. The van der Waals surface area contributed by atoms with Crippen molar-refractivity contribution in [1.82, 2.24) is 9.97 Å². The van der Waals surface area contributed by atoms with Crippen molar-refractivity contribution in [3.63, 3.8) is 0 Å². The molecule has 0 amide bonds. The minimum absolute atomic E-state index is 0.161. The van der Waals surface area contributed by atoms with Gasteiger partial charge in [0.1, 0.15) is 0 Å². The van der Waals surface area contributed by atoms with Crippen LogP contribution in [-0.4, -0.2) is 22.4 Å². The minimum atomic E-state index is -0.161. The van der Waals surface area contributed by atoms with E-state index in [9.17, 15) is 0 Å². The summed E-state index contributed by atoms with van der Waals surface area (Å²) in [7, 11) is 1.93. The summed E-state index contributed by atoms with van der Waals surface area (Å²) in [6.07, 6.45) is 3.93. The molecule has 0 spiro atoms. The van der Waals surface area contributed by atoms with Gasteiger partial charge in [-0.3, -0.25) is 0 Å². The summed E-state index contributed by atoms with van der Waals surface area (Å²) in [5.74, 6) is 0.980. The molecule has 0 aliphatic heterocycles. The van der Waals surface area contributed by atoms with Crippen molar-refractivity contribution in [3.05, 3.63) is 47.1 Å². The smallest absolute Gasteiger partial charge is 0.207 e. The molecule has 1 heterocycles. The monoisotopic (exact) mass is 307 g/mol. The third kappa shape index (κ3) is 2.21. The van der Waals surface area contributed by atoms with Gasteiger partial charge in [0.25, 0.3) is 0 Å². The van der Waals surface area contributed by atoms with E-state index in [-0.39, 0.29) is 11.3 Å². The fraction of sp³-hybridized carbons (Fsp3) is 0.267. The molecule has 2 unspecified atom stereocenters. The summed E-state index contributed by atoms with van der Waals surface area (Å²) in [5, 5.41) is 0.497. The highest BCUT2D eigenvalue weighted by Crippen LogP contribution is 2.34. The number of benzene rings is 1. The van der Waals surface area contributed by atoms with Crippen LogP contribution >= 0.6 is 23.2 Å². The third-order valence-electron chi connectivity index (χ3n) is 3.57. The number of nitrogens with zero attached hydrogens (tertiary/aromatic N) is 2. The summed E-state index contributed by atoms with van der Waals surface area (Å²) in [6.45, 7) is 2.07. The van der Waals surface area contributed by atoms with Crippen LogP contribution in [0.2, 0.25) is 0 Å². The van der Waals surface area contributed by atoms with E-state index < -0.39 is 0 Å². The predicted octanol–water partition coefficient (Wildman–Crippen LogP) is 4.26. The molecule has 1 aliphatic rings. The second-order valence-electron chi connectivity index (χ2n) is 4.99. The fourth-order valence-corrected chi connectivity index (χ4v) is 3.08. The first-order chi connectivity index (χ1) is 9.58. The SMILES string of the molecule is CC1C=CC(Cl)=C(N(C)c2nc3ccccc3[nH]2)C1Cl. The zero-order valence-corrected chi connectivity index (χ0v) is 12.8. The first-order valence-electron chi connectivity index (χ1n) is 6.48. The van der Waals surface area contributed by atoms with Crippen LogP contribution in [0.25, 0.3) is 11.0 Å². The molecule has 20 heavy (non-hydrogen) atoms.